The van der Waals surface area contributed by atoms with Gasteiger partial charge in [-0.15, -0.1) is 0 Å². The summed E-state index contributed by atoms with van der Waals surface area (Å²) in [4.78, 5) is 10.3. The third-order valence-corrected chi connectivity index (χ3v) is 2.91. The largest absolute Gasteiger partial charge is 0.497 e. The molecule has 0 aliphatic heterocycles. The molecule has 0 atom stereocenters. The van der Waals surface area contributed by atoms with E-state index in [1.54, 1.807) is 49.6 Å². The molecule has 0 saturated carbocycles. The van der Waals surface area contributed by atoms with Crippen molar-refractivity contribution >= 4 is 17.3 Å². The second-order valence-corrected chi connectivity index (χ2v) is 4.25. The van der Waals surface area contributed by atoms with Crippen molar-refractivity contribution in [2.75, 3.05) is 7.11 Å². The summed E-state index contributed by atoms with van der Waals surface area (Å²) in [6.07, 6.45) is 1.62. The Morgan fingerprint density at radius 3 is 2.57 bits per heavy atom. The van der Waals surface area contributed by atoms with Crippen molar-refractivity contribution in [3.8, 4) is 11.8 Å². The molecule has 0 bridgehead atoms. The molecule has 104 valence electrons. The molecule has 5 heteroatoms. The summed E-state index contributed by atoms with van der Waals surface area (Å²) in [5, 5.41) is 20.0. The lowest BCUT2D eigenvalue weighted by Crippen LogP contribution is -1.88. The molecule has 0 aliphatic rings. The third-order valence-electron chi connectivity index (χ3n) is 2.91. The van der Waals surface area contributed by atoms with E-state index in [-0.39, 0.29) is 5.69 Å². The highest BCUT2D eigenvalue weighted by Crippen LogP contribution is 2.22. The monoisotopic (exact) mass is 280 g/mol. The minimum absolute atomic E-state index is 0.00392. The minimum atomic E-state index is -0.462. The van der Waals surface area contributed by atoms with Gasteiger partial charge < -0.3 is 4.74 Å². The van der Waals surface area contributed by atoms with Crippen molar-refractivity contribution in [3.05, 3.63) is 69.8 Å². The van der Waals surface area contributed by atoms with Gasteiger partial charge in [0.25, 0.3) is 5.69 Å². The van der Waals surface area contributed by atoms with Gasteiger partial charge in [0.1, 0.15) is 5.75 Å². The lowest BCUT2D eigenvalue weighted by atomic mass is 10.0. The van der Waals surface area contributed by atoms with Crippen LogP contribution in [0.5, 0.6) is 5.75 Å². The minimum Gasteiger partial charge on any atom is -0.497 e. The third kappa shape index (κ3) is 3.45. The van der Waals surface area contributed by atoms with Gasteiger partial charge in [0.2, 0.25) is 0 Å². The second-order valence-electron chi connectivity index (χ2n) is 4.25. The van der Waals surface area contributed by atoms with Crippen molar-refractivity contribution in [1.82, 2.24) is 0 Å². The van der Waals surface area contributed by atoms with E-state index in [9.17, 15) is 15.4 Å². The van der Waals surface area contributed by atoms with Gasteiger partial charge >= 0.3 is 0 Å². The van der Waals surface area contributed by atoms with Crippen LogP contribution in [0.25, 0.3) is 11.6 Å². The zero-order valence-electron chi connectivity index (χ0n) is 11.3. The van der Waals surface area contributed by atoms with Crippen molar-refractivity contribution in [2.45, 2.75) is 0 Å². The first-order valence-electron chi connectivity index (χ1n) is 6.14. The first kappa shape index (κ1) is 14.3. The van der Waals surface area contributed by atoms with E-state index in [0.717, 1.165) is 5.56 Å². The number of non-ortho nitro benzene ring substituents is 1. The number of nitro benzene ring substituents is 1. The molecule has 0 radical (unpaired) electrons. The zero-order valence-corrected chi connectivity index (χ0v) is 11.3. The standard InChI is InChI=1S/C16H12N2O3/c1-21-16-7-5-13(6-8-16)14(11-17)9-12-3-2-4-15(10-12)18(19)20/h2-10H,1H3/b14-9-. The van der Waals surface area contributed by atoms with Crippen LogP contribution in [-0.2, 0) is 0 Å². The average Bonchev–Trinajstić information content (AvgIpc) is 2.53. The number of ether oxygens (including phenoxy) is 1. The number of benzene rings is 2. The average molecular weight is 280 g/mol. The normalized spacial score (nSPS) is 10.8. The van der Waals surface area contributed by atoms with Gasteiger partial charge in [-0.25, -0.2) is 0 Å². The Bertz CT molecular complexity index is 728. The fourth-order valence-corrected chi connectivity index (χ4v) is 1.85. The molecule has 0 aromatic heterocycles. The molecule has 0 saturated heterocycles. The summed E-state index contributed by atoms with van der Waals surface area (Å²) in [7, 11) is 1.57. The topological polar surface area (TPSA) is 76.2 Å². The molecule has 21 heavy (non-hydrogen) atoms. The van der Waals surface area contributed by atoms with Crippen molar-refractivity contribution in [1.29, 1.82) is 5.26 Å². The van der Waals surface area contributed by atoms with Gasteiger partial charge in [0, 0.05) is 12.1 Å². The Morgan fingerprint density at radius 1 is 1.29 bits per heavy atom. The Labute approximate surface area is 121 Å². The summed E-state index contributed by atoms with van der Waals surface area (Å²) < 4.78 is 5.07. The highest BCUT2D eigenvalue weighted by atomic mass is 16.6. The van der Waals surface area contributed by atoms with Crippen LogP contribution in [-0.4, -0.2) is 12.0 Å². The van der Waals surface area contributed by atoms with Gasteiger partial charge in [-0.3, -0.25) is 10.1 Å². The fraction of sp³-hybridized carbons (Fsp3) is 0.0625. The predicted molar refractivity (Wildman–Crippen MR) is 79.6 cm³/mol. The summed E-state index contributed by atoms with van der Waals surface area (Å²) in [6.45, 7) is 0. The zero-order chi connectivity index (χ0) is 15.2. The molecule has 5 nitrogen and oxygen atoms in total. The molecule has 2 aromatic carbocycles. The molecule has 0 fully saturated rings. The highest BCUT2D eigenvalue weighted by Gasteiger charge is 2.06. The number of nitrogens with zero attached hydrogens (tertiary/aromatic N) is 2. The van der Waals surface area contributed by atoms with Crippen LogP contribution in [0.2, 0.25) is 0 Å². The number of hydrogen-bond acceptors (Lipinski definition) is 4. The molecule has 0 heterocycles. The van der Waals surface area contributed by atoms with Crippen molar-refractivity contribution in [3.63, 3.8) is 0 Å². The van der Waals surface area contributed by atoms with Crippen LogP contribution >= 0.6 is 0 Å². The van der Waals surface area contributed by atoms with Crippen LogP contribution in [0.1, 0.15) is 11.1 Å². The first-order valence-corrected chi connectivity index (χ1v) is 6.14. The van der Waals surface area contributed by atoms with E-state index >= 15 is 0 Å². The number of methoxy groups -OCH3 is 1. The fourth-order valence-electron chi connectivity index (χ4n) is 1.85. The maximum Gasteiger partial charge on any atom is 0.270 e. The maximum absolute atomic E-state index is 10.8. The molecule has 0 spiro atoms. The number of hydrogen-bond donors (Lipinski definition) is 0. The molecular weight excluding hydrogens is 268 g/mol. The smallest absolute Gasteiger partial charge is 0.270 e. The highest BCUT2D eigenvalue weighted by molar-refractivity contribution is 5.89. The van der Waals surface area contributed by atoms with Gasteiger partial charge in [-0.05, 0) is 41.5 Å². The molecule has 0 unspecified atom stereocenters. The Balaban J connectivity index is 2.38. The van der Waals surface area contributed by atoms with Gasteiger partial charge in [-0.1, -0.05) is 12.1 Å². The van der Waals surface area contributed by atoms with Crippen molar-refractivity contribution < 1.29 is 9.66 Å². The SMILES string of the molecule is COc1ccc(/C(C#N)=C\c2cccc([N+](=O)[O-])c2)cc1. The van der Waals surface area contributed by atoms with Gasteiger partial charge in [0.15, 0.2) is 0 Å². The van der Waals surface area contributed by atoms with E-state index in [1.165, 1.54) is 12.1 Å². The van der Waals surface area contributed by atoms with E-state index in [4.69, 9.17) is 4.74 Å². The maximum atomic E-state index is 10.8. The van der Waals surface area contributed by atoms with E-state index in [0.29, 0.717) is 16.9 Å². The molecule has 2 aromatic rings. The Kier molecular flexibility index (Phi) is 4.32. The summed E-state index contributed by atoms with van der Waals surface area (Å²) in [6, 6.07) is 15.3. The first-order chi connectivity index (χ1) is 10.1. The van der Waals surface area contributed by atoms with E-state index < -0.39 is 4.92 Å². The quantitative estimate of drug-likeness (QED) is 0.370. The molecular formula is C16H12N2O3. The second kappa shape index (κ2) is 6.35. The number of nitro groups is 1. The van der Waals surface area contributed by atoms with Crippen LogP contribution < -0.4 is 4.74 Å². The molecule has 0 amide bonds. The lowest BCUT2D eigenvalue weighted by molar-refractivity contribution is -0.384. The summed E-state index contributed by atoms with van der Waals surface area (Å²) in [5.41, 5.74) is 1.76. The number of nitriles is 1. The van der Waals surface area contributed by atoms with Crippen molar-refractivity contribution in [2.24, 2.45) is 0 Å². The van der Waals surface area contributed by atoms with E-state index in [2.05, 4.69) is 6.07 Å². The Morgan fingerprint density at radius 2 is 2.00 bits per heavy atom. The van der Waals surface area contributed by atoms with Crippen LogP contribution in [0.3, 0.4) is 0 Å². The van der Waals surface area contributed by atoms with Crippen LogP contribution in [0.4, 0.5) is 5.69 Å². The predicted octanol–water partition coefficient (Wildman–Crippen LogP) is 3.67. The van der Waals surface area contributed by atoms with Crippen LogP contribution in [0, 0.1) is 21.4 Å². The van der Waals surface area contributed by atoms with Gasteiger partial charge in [-0.2, -0.15) is 5.26 Å². The number of rotatable bonds is 4. The van der Waals surface area contributed by atoms with Gasteiger partial charge in [0.05, 0.1) is 23.7 Å². The summed E-state index contributed by atoms with van der Waals surface area (Å²) in [5.74, 6) is 0.700. The van der Waals surface area contributed by atoms with Crippen LogP contribution in [0.15, 0.2) is 48.5 Å². The lowest BCUT2D eigenvalue weighted by Gasteiger charge is -2.02. The van der Waals surface area contributed by atoms with E-state index in [1.807, 2.05) is 0 Å². The molecule has 0 aliphatic carbocycles. The molecule has 2 rings (SSSR count). The molecule has 0 N–H and O–H groups in total. The number of allylic oxidation sites excluding steroid dienone is 1. The Hall–Kier alpha value is -3.13. The summed E-state index contributed by atoms with van der Waals surface area (Å²) >= 11 is 0.